The van der Waals surface area contributed by atoms with E-state index in [2.05, 4.69) is 26.1 Å². The van der Waals surface area contributed by atoms with Crippen LogP contribution in [-0.4, -0.2) is 49.8 Å². The van der Waals surface area contributed by atoms with Crippen molar-refractivity contribution in [2.45, 2.75) is 37.0 Å². The molecule has 7 nitrogen and oxygen atoms in total. The monoisotopic (exact) mass is 606 g/mol. The highest BCUT2D eigenvalue weighted by atomic mass is 79.9. The average molecular weight is 608 g/mol. The van der Waals surface area contributed by atoms with Crippen LogP contribution >= 0.6 is 27.5 Å². The van der Waals surface area contributed by atoms with E-state index < -0.39 is 15.7 Å². The number of sulfone groups is 1. The number of carbonyl (C=O) groups excluding carboxylic acids is 1. The minimum atomic E-state index is -3.42. The van der Waals surface area contributed by atoms with Crippen molar-refractivity contribution in [2.75, 3.05) is 24.7 Å². The number of aliphatic hydroxyl groups is 1. The number of hydrogen-bond donors (Lipinski definition) is 2. The third kappa shape index (κ3) is 7.55. The second kappa shape index (κ2) is 12.0. The van der Waals surface area contributed by atoms with Crippen LogP contribution in [0.2, 0.25) is 5.02 Å². The van der Waals surface area contributed by atoms with Crippen molar-refractivity contribution < 1.29 is 23.1 Å². The second-order valence-corrected chi connectivity index (χ2v) is 12.5. The Morgan fingerprint density at radius 3 is 2.73 bits per heavy atom. The van der Waals surface area contributed by atoms with Crippen molar-refractivity contribution in [1.82, 2.24) is 4.90 Å². The molecular formula is C27H28BrClN2O5S. The normalized spacial score (nSPS) is 16.4. The van der Waals surface area contributed by atoms with Gasteiger partial charge in [0.25, 0.3) is 5.91 Å². The maximum Gasteiger partial charge on any atom is 0.257 e. The van der Waals surface area contributed by atoms with E-state index in [1.165, 1.54) is 18.2 Å². The minimum Gasteiger partial charge on any atom is -0.489 e. The first kappa shape index (κ1) is 27.6. The molecule has 1 saturated heterocycles. The standard InChI is InChI=1S/C27H28BrClN2O5S/c1-37(34,35)23-8-9-24(25(29)14-23)27(33)30-21-5-2-4-18(12-21)17-36-26-10-7-20(28)13-19(26)15-31-11-3-6-22(32)16-31/h2,4-5,7-10,12-14,22,32H,3,6,11,15-17H2,1H3,(H,30,33)/t22-/m1/s1. The van der Waals surface area contributed by atoms with E-state index in [0.717, 1.165) is 47.0 Å². The molecule has 1 aliphatic heterocycles. The molecule has 10 heteroatoms. The number of carbonyl (C=O) groups is 1. The summed E-state index contributed by atoms with van der Waals surface area (Å²) in [5, 5.41) is 12.9. The number of hydrogen-bond acceptors (Lipinski definition) is 6. The van der Waals surface area contributed by atoms with Gasteiger partial charge in [-0.15, -0.1) is 0 Å². The van der Waals surface area contributed by atoms with Gasteiger partial charge in [-0.25, -0.2) is 8.42 Å². The first-order valence-electron chi connectivity index (χ1n) is 11.8. The summed E-state index contributed by atoms with van der Waals surface area (Å²) in [6.45, 7) is 2.56. The Morgan fingerprint density at radius 2 is 2.00 bits per heavy atom. The Bertz CT molecular complexity index is 1400. The van der Waals surface area contributed by atoms with Crippen LogP contribution in [0, 0.1) is 0 Å². The van der Waals surface area contributed by atoms with E-state index in [0.29, 0.717) is 25.4 Å². The molecule has 3 aromatic rings. The van der Waals surface area contributed by atoms with Gasteiger partial charge in [0.2, 0.25) is 0 Å². The molecule has 196 valence electrons. The number of rotatable bonds is 8. The summed E-state index contributed by atoms with van der Waals surface area (Å²) in [5.41, 5.74) is 2.63. The predicted molar refractivity (Wildman–Crippen MR) is 148 cm³/mol. The molecule has 37 heavy (non-hydrogen) atoms. The maximum absolute atomic E-state index is 12.8. The lowest BCUT2D eigenvalue weighted by molar-refractivity contribution is 0.0662. The van der Waals surface area contributed by atoms with Gasteiger partial charge in [0.15, 0.2) is 9.84 Å². The number of piperidine rings is 1. The van der Waals surface area contributed by atoms with Crippen molar-refractivity contribution in [3.63, 3.8) is 0 Å². The number of nitrogens with zero attached hydrogens (tertiary/aromatic N) is 1. The molecule has 3 aromatic carbocycles. The lowest BCUT2D eigenvalue weighted by Crippen LogP contribution is -2.37. The smallest absolute Gasteiger partial charge is 0.257 e. The van der Waals surface area contributed by atoms with Gasteiger partial charge >= 0.3 is 0 Å². The molecule has 1 amide bonds. The van der Waals surface area contributed by atoms with E-state index in [9.17, 15) is 18.3 Å². The van der Waals surface area contributed by atoms with E-state index >= 15 is 0 Å². The Morgan fingerprint density at radius 1 is 1.19 bits per heavy atom. The average Bonchev–Trinajstić information content (AvgIpc) is 2.83. The minimum absolute atomic E-state index is 0.0528. The number of likely N-dealkylation sites (tertiary alicyclic amines) is 1. The fourth-order valence-corrected chi connectivity index (χ4v) is 5.62. The quantitative estimate of drug-likeness (QED) is 0.361. The number of anilines is 1. The topological polar surface area (TPSA) is 95.9 Å². The van der Waals surface area contributed by atoms with Crippen molar-refractivity contribution in [2.24, 2.45) is 0 Å². The Hall–Kier alpha value is -2.43. The number of aliphatic hydroxyl groups excluding tert-OH is 1. The second-order valence-electron chi connectivity index (χ2n) is 9.14. The van der Waals surface area contributed by atoms with Crippen molar-refractivity contribution in [1.29, 1.82) is 0 Å². The highest BCUT2D eigenvalue weighted by Gasteiger charge is 2.19. The fraction of sp³-hybridized carbons (Fsp3) is 0.296. The molecule has 0 unspecified atom stereocenters. The van der Waals surface area contributed by atoms with Crippen molar-refractivity contribution in [3.8, 4) is 5.75 Å². The molecule has 4 rings (SSSR count). The molecule has 1 atom stereocenters. The molecule has 1 heterocycles. The molecule has 0 spiro atoms. The molecule has 0 aromatic heterocycles. The van der Waals surface area contributed by atoms with Crippen LogP contribution in [0.4, 0.5) is 5.69 Å². The summed E-state index contributed by atoms with van der Waals surface area (Å²) in [7, 11) is -3.42. The third-order valence-electron chi connectivity index (χ3n) is 6.09. The van der Waals surface area contributed by atoms with Crippen LogP contribution < -0.4 is 10.1 Å². The molecule has 1 fully saturated rings. The number of halogens is 2. The van der Waals surface area contributed by atoms with E-state index in [-0.39, 0.29) is 21.6 Å². The molecule has 0 bridgehead atoms. The van der Waals surface area contributed by atoms with Gasteiger partial charge in [0, 0.05) is 35.1 Å². The summed E-state index contributed by atoms with van der Waals surface area (Å²) in [6, 6.07) is 17.2. The Balaban J connectivity index is 1.43. The van der Waals surface area contributed by atoms with Gasteiger partial charge in [-0.1, -0.05) is 39.7 Å². The first-order valence-corrected chi connectivity index (χ1v) is 14.9. The van der Waals surface area contributed by atoms with E-state index in [1.807, 2.05) is 36.4 Å². The van der Waals surface area contributed by atoms with Crippen molar-refractivity contribution in [3.05, 3.63) is 86.8 Å². The number of benzene rings is 3. The van der Waals surface area contributed by atoms with Crippen LogP contribution in [0.25, 0.3) is 0 Å². The van der Waals surface area contributed by atoms with Gasteiger partial charge in [-0.2, -0.15) is 0 Å². The Labute approximate surface area is 230 Å². The SMILES string of the molecule is CS(=O)(=O)c1ccc(C(=O)Nc2cccc(COc3ccc(Br)cc3CN3CCC[C@@H](O)C3)c2)c(Cl)c1. The molecule has 2 N–H and O–H groups in total. The number of amides is 1. The van der Waals surface area contributed by atoms with Gasteiger partial charge in [-0.05, 0) is 73.5 Å². The van der Waals surface area contributed by atoms with Gasteiger partial charge < -0.3 is 15.2 Å². The van der Waals surface area contributed by atoms with E-state index in [1.54, 1.807) is 6.07 Å². The zero-order valence-electron chi connectivity index (χ0n) is 20.3. The summed E-state index contributed by atoms with van der Waals surface area (Å²) in [4.78, 5) is 15.1. The third-order valence-corrected chi connectivity index (χ3v) is 8.01. The van der Waals surface area contributed by atoms with Crippen LogP contribution in [-0.2, 0) is 23.0 Å². The van der Waals surface area contributed by atoms with Crippen LogP contribution in [0.15, 0.2) is 70.0 Å². The number of ether oxygens (including phenoxy) is 1. The highest BCUT2D eigenvalue weighted by Crippen LogP contribution is 2.27. The molecule has 0 saturated carbocycles. The molecule has 0 radical (unpaired) electrons. The zero-order chi connectivity index (χ0) is 26.6. The van der Waals surface area contributed by atoms with E-state index in [4.69, 9.17) is 16.3 Å². The summed E-state index contributed by atoms with van der Waals surface area (Å²) in [6.07, 6.45) is 2.59. The molecular weight excluding hydrogens is 580 g/mol. The zero-order valence-corrected chi connectivity index (χ0v) is 23.4. The predicted octanol–water partition coefficient (Wildman–Crippen LogP) is 5.29. The van der Waals surface area contributed by atoms with Gasteiger partial charge in [0.1, 0.15) is 12.4 Å². The lowest BCUT2D eigenvalue weighted by atomic mass is 10.1. The largest absolute Gasteiger partial charge is 0.489 e. The van der Waals surface area contributed by atoms with Crippen LogP contribution in [0.5, 0.6) is 5.75 Å². The van der Waals surface area contributed by atoms with Crippen LogP contribution in [0.1, 0.15) is 34.3 Å². The summed E-state index contributed by atoms with van der Waals surface area (Å²) in [5.74, 6) is 0.317. The maximum atomic E-state index is 12.8. The Kier molecular flexibility index (Phi) is 8.92. The van der Waals surface area contributed by atoms with Crippen LogP contribution in [0.3, 0.4) is 0 Å². The fourth-order valence-electron chi connectivity index (χ4n) is 4.24. The van der Waals surface area contributed by atoms with Gasteiger partial charge in [-0.3, -0.25) is 9.69 Å². The van der Waals surface area contributed by atoms with Gasteiger partial charge in [0.05, 0.1) is 21.6 Å². The molecule has 0 aliphatic carbocycles. The number of β-amino-alcohol motifs (C(OH)–C–C–N with tert-alkyl or cyclic N) is 1. The number of nitrogens with one attached hydrogen (secondary N) is 1. The first-order chi connectivity index (χ1) is 17.6. The lowest BCUT2D eigenvalue weighted by Gasteiger charge is -2.30. The summed E-state index contributed by atoms with van der Waals surface area (Å²) < 4.78 is 30.6. The molecule has 1 aliphatic rings. The van der Waals surface area contributed by atoms with Crippen molar-refractivity contribution >= 4 is 49.0 Å². The summed E-state index contributed by atoms with van der Waals surface area (Å²) >= 11 is 9.72. The highest BCUT2D eigenvalue weighted by molar-refractivity contribution is 9.10.